The van der Waals surface area contributed by atoms with Crippen LogP contribution in [0.5, 0.6) is 0 Å². The highest BCUT2D eigenvalue weighted by Crippen LogP contribution is 2.20. The minimum Gasteiger partial charge on any atom is -0.330 e. The van der Waals surface area contributed by atoms with Crippen molar-refractivity contribution in [2.75, 3.05) is 26.7 Å². The van der Waals surface area contributed by atoms with Gasteiger partial charge in [0.25, 0.3) is 0 Å². The van der Waals surface area contributed by atoms with E-state index >= 15 is 0 Å². The number of likely N-dealkylation sites (tertiary alicyclic amines) is 1. The van der Waals surface area contributed by atoms with Gasteiger partial charge < -0.3 is 10.6 Å². The van der Waals surface area contributed by atoms with Crippen molar-refractivity contribution in [3.63, 3.8) is 0 Å². The maximum atomic E-state index is 11.8. The third-order valence-electron chi connectivity index (χ3n) is 2.97. The van der Waals surface area contributed by atoms with Gasteiger partial charge in [0.2, 0.25) is 0 Å². The van der Waals surface area contributed by atoms with Crippen molar-refractivity contribution < 1.29 is 4.79 Å². The smallest absolute Gasteiger partial charge is 0.141 e. The molecule has 13 heavy (non-hydrogen) atoms. The average molecular weight is 184 g/mol. The first-order valence-corrected chi connectivity index (χ1v) is 5.11. The summed E-state index contributed by atoms with van der Waals surface area (Å²) in [5.41, 5.74) is 5.55. The van der Waals surface area contributed by atoms with E-state index in [0.29, 0.717) is 12.3 Å². The zero-order valence-corrected chi connectivity index (χ0v) is 8.62. The van der Waals surface area contributed by atoms with E-state index in [1.54, 1.807) is 0 Å². The molecule has 0 aliphatic carbocycles. The highest BCUT2D eigenvalue weighted by atomic mass is 16.1. The van der Waals surface area contributed by atoms with Crippen molar-refractivity contribution in [2.45, 2.75) is 19.8 Å². The predicted octanol–water partition coefficient (Wildman–Crippen LogP) is 0.492. The molecule has 0 spiro atoms. The molecule has 0 bridgehead atoms. The number of Topliss-reactive ketones (excluding diaryl/α,β-unsaturated/α-hetero) is 1. The average Bonchev–Trinajstić information content (AvgIpc) is 2.54. The van der Waals surface area contributed by atoms with Crippen molar-refractivity contribution in [1.29, 1.82) is 0 Å². The van der Waals surface area contributed by atoms with Gasteiger partial charge in [0, 0.05) is 24.9 Å². The first-order chi connectivity index (χ1) is 6.19. The zero-order chi connectivity index (χ0) is 9.84. The van der Waals surface area contributed by atoms with E-state index in [4.69, 9.17) is 5.73 Å². The number of nitrogens with zero attached hydrogens (tertiary/aromatic N) is 1. The van der Waals surface area contributed by atoms with E-state index in [1.165, 1.54) is 0 Å². The third-order valence-corrected chi connectivity index (χ3v) is 2.97. The molecule has 2 N–H and O–H groups in total. The van der Waals surface area contributed by atoms with E-state index in [1.807, 2.05) is 6.92 Å². The molecule has 2 atom stereocenters. The molecule has 2 unspecified atom stereocenters. The van der Waals surface area contributed by atoms with Gasteiger partial charge in [0.05, 0.1) is 0 Å². The van der Waals surface area contributed by atoms with Crippen molar-refractivity contribution in [1.82, 2.24) is 4.90 Å². The molecule has 1 heterocycles. The largest absolute Gasteiger partial charge is 0.330 e. The Hall–Kier alpha value is -0.410. The van der Waals surface area contributed by atoms with E-state index in [0.717, 1.165) is 25.9 Å². The summed E-state index contributed by atoms with van der Waals surface area (Å²) >= 11 is 0. The van der Waals surface area contributed by atoms with Crippen LogP contribution in [0.4, 0.5) is 0 Å². The Bertz CT molecular complexity index is 178. The van der Waals surface area contributed by atoms with Gasteiger partial charge in [-0.25, -0.2) is 0 Å². The molecular formula is C10H20N2O. The molecule has 1 aliphatic rings. The lowest BCUT2D eigenvalue weighted by Gasteiger charge is -2.15. The Morgan fingerprint density at radius 3 is 2.77 bits per heavy atom. The normalized spacial score (nSPS) is 26.2. The Kier molecular flexibility index (Phi) is 3.88. The predicted molar refractivity (Wildman–Crippen MR) is 53.4 cm³/mol. The molecule has 76 valence electrons. The number of nitrogens with two attached hydrogens (primary N) is 1. The van der Waals surface area contributed by atoms with Crippen LogP contribution in [0.1, 0.15) is 19.8 Å². The van der Waals surface area contributed by atoms with E-state index in [9.17, 15) is 4.79 Å². The lowest BCUT2D eigenvalue weighted by Crippen LogP contribution is -2.30. The fourth-order valence-electron chi connectivity index (χ4n) is 1.98. The molecule has 1 aliphatic heterocycles. The van der Waals surface area contributed by atoms with Gasteiger partial charge in [-0.1, -0.05) is 6.92 Å². The fraction of sp³-hybridized carbons (Fsp3) is 0.900. The first kappa shape index (κ1) is 10.7. The van der Waals surface area contributed by atoms with Crippen LogP contribution in [0.3, 0.4) is 0 Å². The molecule has 3 heteroatoms. The Morgan fingerprint density at radius 1 is 1.69 bits per heavy atom. The van der Waals surface area contributed by atoms with Crippen molar-refractivity contribution in [3.05, 3.63) is 0 Å². The Labute approximate surface area is 80.3 Å². The van der Waals surface area contributed by atoms with Crippen LogP contribution in [0.25, 0.3) is 0 Å². The number of hydrogen-bond acceptors (Lipinski definition) is 3. The molecule has 0 amide bonds. The highest BCUT2D eigenvalue weighted by Gasteiger charge is 2.29. The molecule has 0 saturated carbocycles. The summed E-state index contributed by atoms with van der Waals surface area (Å²) in [6.45, 7) is 4.52. The maximum Gasteiger partial charge on any atom is 0.141 e. The topological polar surface area (TPSA) is 46.3 Å². The van der Waals surface area contributed by atoms with Crippen LogP contribution in [-0.2, 0) is 4.79 Å². The summed E-state index contributed by atoms with van der Waals surface area (Å²) in [4.78, 5) is 14.1. The minimum atomic E-state index is 0.0940. The summed E-state index contributed by atoms with van der Waals surface area (Å²) < 4.78 is 0. The molecule has 0 aromatic carbocycles. The number of hydrogen-bond donors (Lipinski definition) is 1. The fourth-order valence-corrected chi connectivity index (χ4v) is 1.98. The SMILES string of the molecule is CCC(CN)C(=O)C1CCN(C)C1. The molecule has 1 fully saturated rings. The molecule has 0 aromatic rings. The molecule has 0 radical (unpaired) electrons. The molecular weight excluding hydrogens is 164 g/mol. The maximum absolute atomic E-state index is 11.8. The van der Waals surface area contributed by atoms with E-state index in [2.05, 4.69) is 11.9 Å². The van der Waals surface area contributed by atoms with E-state index < -0.39 is 0 Å². The van der Waals surface area contributed by atoms with E-state index in [-0.39, 0.29) is 11.8 Å². The van der Waals surface area contributed by atoms with Gasteiger partial charge >= 0.3 is 0 Å². The van der Waals surface area contributed by atoms with Gasteiger partial charge in [0.1, 0.15) is 5.78 Å². The summed E-state index contributed by atoms with van der Waals surface area (Å²) in [6.07, 6.45) is 1.90. The first-order valence-electron chi connectivity index (χ1n) is 5.11. The van der Waals surface area contributed by atoms with Gasteiger partial charge in [-0.3, -0.25) is 4.79 Å². The zero-order valence-electron chi connectivity index (χ0n) is 8.62. The van der Waals surface area contributed by atoms with Crippen LogP contribution < -0.4 is 5.73 Å². The second-order valence-electron chi connectivity index (χ2n) is 3.99. The molecule has 1 rings (SSSR count). The molecule has 0 aromatic heterocycles. The summed E-state index contributed by atoms with van der Waals surface area (Å²) in [5.74, 6) is 0.726. The van der Waals surface area contributed by atoms with Crippen LogP contribution in [0.15, 0.2) is 0 Å². The lowest BCUT2D eigenvalue weighted by atomic mass is 9.90. The summed E-state index contributed by atoms with van der Waals surface area (Å²) in [5, 5.41) is 0. The molecule has 3 nitrogen and oxygen atoms in total. The Morgan fingerprint density at radius 2 is 2.38 bits per heavy atom. The lowest BCUT2D eigenvalue weighted by molar-refractivity contribution is -0.126. The van der Waals surface area contributed by atoms with Crippen molar-refractivity contribution >= 4 is 5.78 Å². The van der Waals surface area contributed by atoms with Gasteiger partial charge in [-0.2, -0.15) is 0 Å². The molecule has 1 saturated heterocycles. The third kappa shape index (κ3) is 2.51. The second kappa shape index (κ2) is 4.72. The van der Waals surface area contributed by atoms with Crippen LogP contribution in [-0.4, -0.2) is 37.4 Å². The van der Waals surface area contributed by atoms with Crippen molar-refractivity contribution in [2.24, 2.45) is 17.6 Å². The number of ketones is 1. The highest BCUT2D eigenvalue weighted by molar-refractivity contribution is 5.84. The van der Waals surface area contributed by atoms with Crippen molar-refractivity contribution in [3.8, 4) is 0 Å². The number of carbonyl (C=O) groups excluding carboxylic acids is 1. The number of carbonyl (C=O) groups is 1. The summed E-state index contributed by atoms with van der Waals surface area (Å²) in [6, 6.07) is 0. The monoisotopic (exact) mass is 184 g/mol. The van der Waals surface area contributed by atoms with Gasteiger partial charge in [-0.15, -0.1) is 0 Å². The van der Waals surface area contributed by atoms with Gasteiger partial charge in [-0.05, 0) is 26.4 Å². The minimum absolute atomic E-state index is 0.0940. The van der Waals surface area contributed by atoms with Gasteiger partial charge in [0.15, 0.2) is 0 Å². The number of rotatable bonds is 4. The van der Waals surface area contributed by atoms with Crippen LogP contribution >= 0.6 is 0 Å². The Balaban J connectivity index is 2.47. The summed E-state index contributed by atoms with van der Waals surface area (Å²) in [7, 11) is 2.07. The standard InChI is InChI=1S/C10H20N2O/c1-3-8(6-11)10(13)9-4-5-12(2)7-9/h8-9H,3-7,11H2,1-2H3. The van der Waals surface area contributed by atoms with Crippen LogP contribution in [0.2, 0.25) is 0 Å². The second-order valence-corrected chi connectivity index (χ2v) is 3.99. The quantitative estimate of drug-likeness (QED) is 0.691. The van der Waals surface area contributed by atoms with Crippen LogP contribution in [0, 0.1) is 11.8 Å².